The third-order valence-corrected chi connectivity index (χ3v) is 5.52. The summed E-state index contributed by atoms with van der Waals surface area (Å²) in [5, 5.41) is 6.45. The lowest BCUT2D eigenvalue weighted by atomic mass is 10.0. The number of urea groups is 1. The van der Waals surface area contributed by atoms with Crippen LogP contribution in [0.4, 0.5) is 10.5 Å². The van der Waals surface area contributed by atoms with E-state index in [1.54, 1.807) is 0 Å². The number of hydrogen-bond donors (Lipinski definition) is 2. The third kappa shape index (κ3) is 4.42. The van der Waals surface area contributed by atoms with Crippen LogP contribution in [-0.2, 0) is 6.42 Å². The van der Waals surface area contributed by atoms with Crippen LogP contribution in [0.25, 0.3) is 0 Å². The molecule has 0 spiro atoms. The first-order valence-corrected chi connectivity index (χ1v) is 9.82. The molecule has 2 aliphatic heterocycles. The van der Waals surface area contributed by atoms with Crippen LogP contribution in [0.5, 0.6) is 5.75 Å². The van der Waals surface area contributed by atoms with Crippen molar-refractivity contribution >= 4 is 11.7 Å². The summed E-state index contributed by atoms with van der Waals surface area (Å²) in [7, 11) is 0. The molecule has 2 atom stereocenters. The van der Waals surface area contributed by atoms with E-state index in [9.17, 15) is 4.79 Å². The molecule has 0 radical (unpaired) electrons. The molecule has 2 saturated heterocycles. The highest BCUT2D eigenvalue weighted by Crippen LogP contribution is 2.28. The Morgan fingerprint density at radius 2 is 1.74 bits per heavy atom. The van der Waals surface area contributed by atoms with E-state index in [1.165, 1.54) is 5.56 Å². The first kappa shape index (κ1) is 17.9. The van der Waals surface area contributed by atoms with Gasteiger partial charge in [-0.05, 0) is 42.4 Å². The van der Waals surface area contributed by atoms with Gasteiger partial charge in [-0.2, -0.15) is 0 Å². The smallest absolute Gasteiger partial charge is 0.321 e. The molecular weight excluding hydrogens is 338 g/mol. The SMILES string of the molecule is O=C(Nc1ccccc1OCCCc1ccccc1)N1C[C@H]2CNC[C@H]2C1. The third-order valence-electron chi connectivity index (χ3n) is 5.52. The van der Waals surface area contributed by atoms with Crippen LogP contribution in [0.1, 0.15) is 12.0 Å². The Hall–Kier alpha value is -2.53. The quantitative estimate of drug-likeness (QED) is 0.772. The van der Waals surface area contributed by atoms with Crippen molar-refractivity contribution in [3.63, 3.8) is 0 Å². The number of rotatable bonds is 6. The summed E-state index contributed by atoms with van der Waals surface area (Å²) in [5.41, 5.74) is 2.06. The molecule has 2 N–H and O–H groups in total. The molecule has 4 rings (SSSR count). The van der Waals surface area contributed by atoms with Crippen LogP contribution in [0, 0.1) is 11.8 Å². The Morgan fingerprint density at radius 1 is 1.04 bits per heavy atom. The molecule has 0 aliphatic carbocycles. The average Bonchev–Trinajstić information content (AvgIpc) is 3.29. The van der Waals surface area contributed by atoms with E-state index in [4.69, 9.17) is 4.74 Å². The summed E-state index contributed by atoms with van der Waals surface area (Å²) in [4.78, 5) is 14.6. The highest BCUT2D eigenvalue weighted by molar-refractivity contribution is 5.91. The van der Waals surface area contributed by atoms with E-state index >= 15 is 0 Å². The molecule has 0 aromatic heterocycles. The van der Waals surface area contributed by atoms with Crippen LogP contribution < -0.4 is 15.4 Å². The number of carbonyl (C=O) groups excluding carboxylic acids is 1. The van der Waals surface area contributed by atoms with Gasteiger partial charge in [0.05, 0.1) is 12.3 Å². The normalized spacial score (nSPS) is 21.1. The monoisotopic (exact) mass is 365 g/mol. The highest BCUT2D eigenvalue weighted by atomic mass is 16.5. The first-order chi connectivity index (χ1) is 13.3. The number of para-hydroxylation sites is 2. The van der Waals surface area contributed by atoms with Gasteiger partial charge in [0.25, 0.3) is 0 Å². The molecule has 2 aromatic rings. The van der Waals surface area contributed by atoms with E-state index < -0.39 is 0 Å². The number of aryl methyl sites for hydroxylation is 1. The number of likely N-dealkylation sites (tertiary alicyclic amines) is 1. The zero-order valence-corrected chi connectivity index (χ0v) is 15.6. The number of nitrogens with one attached hydrogen (secondary N) is 2. The van der Waals surface area contributed by atoms with E-state index in [-0.39, 0.29) is 6.03 Å². The van der Waals surface area contributed by atoms with Gasteiger partial charge in [0.2, 0.25) is 0 Å². The topological polar surface area (TPSA) is 53.6 Å². The van der Waals surface area contributed by atoms with Crippen LogP contribution in [-0.4, -0.2) is 43.7 Å². The van der Waals surface area contributed by atoms with E-state index in [0.717, 1.165) is 50.5 Å². The molecule has 27 heavy (non-hydrogen) atoms. The fourth-order valence-corrected chi connectivity index (χ4v) is 4.01. The fraction of sp³-hybridized carbons (Fsp3) is 0.409. The minimum atomic E-state index is -0.0234. The summed E-state index contributed by atoms with van der Waals surface area (Å²) in [6.07, 6.45) is 1.93. The molecule has 0 saturated carbocycles. The van der Waals surface area contributed by atoms with Gasteiger partial charge < -0.3 is 20.3 Å². The number of anilines is 1. The van der Waals surface area contributed by atoms with Crippen LogP contribution >= 0.6 is 0 Å². The second-order valence-electron chi connectivity index (χ2n) is 7.45. The lowest BCUT2D eigenvalue weighted by molar-refractivity contribution is 0.219. The number of nitrogens with zero attached hydrogens (tertiary/aromatic N) is 1. The molecule has 142 valence electrons. The van der Waals surface area contributed by atoms with Gasteiger partial charge in [-0.3, -0.25) is 0 Å². The molecule has 2 aromatic carbocycles. The maximum Gasteiger partial charge on any atom is 0.321 e. The molecule has 2 aliphatic rings. The Morgan fingerprint density at radius 3 is 2.52 bits per heavy atom. The lowest BCUT2D eigenvalue weighted by Crippen LogP contribution is -2.35. The van der Waals surface area contributed by atoms with E-state index in [2.05, 4.69) is 34.9 Å². The summed E-state index contributed by atoms with van der Waals surface area (Å²) < 4.78 is 5.95. The molecule has 2 amide bonds. The van der Waals surface area contributed by atoms with Crippen molar-refractivity contribution in [2.75, 3.05) is 38.1 Å². The number of fused-ring (bicyclic) bond motifs is 1. The molecule has 2 fully saturated rings. The van der Waals surface area contributed by atoms with Gasteiger partial charge in [-0.1, -0.05) is 42.5 Å². The van der Waals surface area contributed by atoms with Crippen LogP contribution in [0.3, 0.4) is 0 Å². The Labute approximate surface area is 160 Å². The zero-order valence-electron chi connectivity index (χ0n) is 15.6. The summed E-state index contributed by atoms with van der Waals surface area (Å²) in [6, 6.07) is 18.1. The molecule has 0 unspecified atom stereocenters. The average molecular weight is 365 g/mol. The van der Waals surface area contributed by atoms with Crippen LogP contribution in [0.15, 0.2) is 54.6 Å². The minimum Gasteiger partial charge on any atom is -0.491 e. The second-order valence-corrected chi connectivity index (χ2v) is 7.45. The first-order valence-electron chi connectivity index (χ1n) is 9.82. The maximum absolute atomic E-state index is 12.7. The summed E-state index contributed by atoms with van der Waals surface area (Å²) in [5.74, 6) is 1.93. The predicted octanol–water partition coefficient (Wildman–Crippen LogP) is 3.38. The van der Waals surface area contributed by atoms with E-state index in [0.29, 0.717) is 18.4 Å². The molecule has 5 heteroatoms. The standard InChI is InChI=1S/C22H27N3O2/c26-22(25-15-18-13-23-14-19(18)16-25)24-20-10-4-5-11-21(20)27-12-6-9-17-7-2-1-3-8-17/h1-5,7-8,10-11,18-19,23H,6,9,12-16H2,(H,24,26)/t18-,19+. The van der Waals surface area contributed by atoms with E-state index in [1.807, 2.05) is 35.2 Å². The van der Waals surface area contributed by atoms with Gasteiger partial charge in [0.1, 0.15) is 5.75 Å². The summed E-state index contributed by atoms with van der Waals surface area (Å²) >= 11 is 0. The maximum atomic E-state index is 12.7. The Balaban J connectivity index is 1.29. The van der Waals surface area contributed by atoms with Gasteiger partial charge in [-0.25, -0.2) is 4.79 Å². The fourth-order valence-electron chi connectivity index (χ4n) is 4.01. The number of ether oxygens (including phenoxy) is 1. The van der Waals surface area contributed by atoms with Gasteiger partial charge in [-0.15, -0.1) is 0 Å². The van der Waals surface area contributed by atoms with Gasteiger partial charge in [0, 0.05) is 26.2 Å². The van der Waals surface area contributed by atoms with Crippen molar-refractivity contribution in [1.82, 2.24) is 10.2 Å². The second kappa shape index (κ2) is 8.44. The Bertz CT molecular complexity index is 753. The van der Waals surface area contributed by atoms with Crippen molar-refractivity contribution in [2.24, 2.45) is 11.8 Å². The summed E-state index contributed by atoms with van der Waals surface area (Å²) in [6.45, 7) is 4.35. The number of carbonyl (C=O) groups is 1. The molecule has 2 heterocycles. The van der Waals surface area contributed by atoms with Crippen molar-refractivity contribution in [2.45, 2.75) is 12.8 Å². The number of amides is 2. The van der Waals surface area contributed by atoms with Gasteiger partial charge in [0.15, 0.2) is 0 Å². The van der Waals surface area contributed by atoms with Crippen molar-refractivity contribution < 1.29 is 9.53 Å². The van der Waals surface area contributed by atoms with Crippen molar-refractivity contribution in [1.29, 1.82) is 0 Å². The predicted molar refractivity (Wildman–Crippen MR) is 107 cm³/mol. The highest BCUT2D eigenvalue weighted by Gasteiger charge is 2.38. The largest absolute Gasteiger partial charge is 0.491 e. The molecule has 0 bridgehead atoms. The molecule has 5 nitrogen and oxygen atoms in total. The van der Waals surface area contributed by atoms with Crippen molar-refractivity contribution in [3.05, 3.63) is 60.2 Å². The van der Waals surface area contributed by atoms with Crippen molar-refractivity contribution in [3.8, 4) is 5.75 Å². The van der Waals surface area contributed by atoms with Crippen LogP contribution in [0.2, 0.25) is 0 Å². The zero-order chi connectivity index (χ0) is 18.5. The lowest BCUT2D eigenvalue weighted by Gasteiger charge is -2.19. The molecular formula is C22H27N3O2. The number of hydrogen-bond acceptors (Lipinski definition) is 3. The number of benzene rings is 2. The minimum absolute atomic E-state index is 0.0234. The van der Waals surface area contributed by atoms with Gasteiger partial charge >= 0.3 is 6.03 Å². The Kier molecular flexibility index (Phi) is 5.58.